The van der Waals surface area contributed by atoms with E-state index in [1.807, 2.05) is 0 Å². The number of ketones is 1. The third kappa shape index (κ3) is 15.8. The number of nitrogen functional groups attached to an aromatic ring is 1. The highest BCUT2D eigenvalue weighted by Crippen LogP contribution is 2.66. The van der Waals surface area contributed by atoms with Crippen molar-refractivity contribution in [2.24, 2.45) is 5.11 Å². The van der Waals surface area contributed by atoms with Crippen molar-refractivity contribution in [3.05, 3.63) is 144 Å². The molecular formula is C63H69N11O20P3+. The second-order valence-corrected chi connectivity index (χ2v) is 28.2. The van der Waals surface area contributed by atoms with Crippen LogP contribution in [0.4, 0.5) is 11.5 Å². The van der Waals surface area contributed by atoms with Crippen molar-refractivity contribution in [1.82, 2.24) is 29.7 Å². The molecule has 0 radical (unpaired) electrons. The first-order valence-corrected chi connectivity index (χ1v) is 36.0. The summed E-state index contributed by atoms with van der Waals surface area (Å²) in [5.41, 5.74) is 25.0. The molecular weight excluding hydrogens is 1320 g/mol. The maximum absolute atomic E-state index is 14.2. The van der Waals surface area contributed by atoms with Crippen LogP contribution in [0.3, 0.4) is 0 Å². The van der Waals surface area contributed by atoms with Crippen molar-refractivity contribution in [3.8, 4) is 29.1 Å². The average molecular weight is 1390 g/mol. The van der Waals surface area contributed by atoms with Crippen LogP contribution in [-0.4, -0.2) is 147 Å². The topological polar surface area (TPSA) is 430 Å². The molecule has 0 aliphatic carbocycles. The van der Waals surface area contributed by atoms with Crippen molar-refractivity contribution in [2.45, 2.75) is 95.6 Å². The van der Waals surface area contributed by atoms with Gasteiger partial charge in [0.25, 0.3) is 5.91 Å². The molecule has 0 saturated carbocycles. The van der Waals surface area contributed by atoms with Gasteiger partial charge in [0.05, 0.1) is 54.5 Å². The standard InChI is InChI=1S/C63H68N11O20P3/c64-60-54-41(32-74(61(54)69-36-68-60)53-19-17-43(91-53)33-90-96(83,84)94-97(85,86)93-95(80,81)82)9-2-20-66-51(76)34-87-26-27-88-52(70-71-65)35-89-42-12-1-8-40(28-42)62(77)67-21-3-15-50(75)37-16-18-44(63(78)79)47(29-37)55-48-30-38-10-4-22-72-24-6-13-45(56(38)72)58(48)92-59-46-14-7-25-73-23-5-11-39(57(46)73)31-49(55)59/h1,8,12,16,18,28-32,36,43,52-53H,3-7,10-11,13-15,17,19-27,33-35H2,(H8-,64,66,67,68,69,76,77,78,79,80,81,82,83,84,85,86)/p+1/t43-,52?,53+/m0/s1. The second kappa shape index (κ2) is 29.4. The van der Waals surface area contributed by atoms with Gasteiger partial charge >= 0.3 is 29.4 Å². The van der Waals surface area contributed by atoms with E-state index in [1.54, 1.807) is 41.1 Å². The lowest BCUT2D eigenvalue weighted by Crippen LogP contribution is -2.45. The molecule has 0 bridgehead atoms. The number of ether oxygens (including phenoxy) is 5. The highest BCUT2D eigenvalue weighted by molar-refractivity contribution is 7.66. The van der Waals surface area contributed by atoms with E-state index in [0.717, 1.165) is 105 Å². The lowest BCUT2D eigenvalue weighted by molar-refractivity contribution is -0.126. The van der Waals surface area contributed by atoms with Crippen molar-refractivity contribution in [3.63, 3.8) is 0 Å². The number of rotatable bonds is 27. The zero-order valence-corrected chi connectivity index (χ0v) is 54.9. The Morgan fingerprint density at radius 2 is 1.67 bits per heavy atom. The molecule has 6 aromatic rings. The summed E-state index contributed by atoms with van der Waals surface area (Å²) in [6, 6.07) is 15.6. The minimum Gasteiger partial charge on any atom is -0.491 e. The molecule has 9 N–H and O–H groups in total. The molecule has 34 heteroatoms. The number of anilines is 2. The molecule has 12 rings (SSSR count). The number of aromatic nitrogens is 3. The number of phosphoric ester groups is 1. The zero-order valence-electron chi connectivity index (χ0n) is 52.2. The summed E-state index contributed by atoms with van der Waals surface area (Å²) < 4.78 is 81.2. The van der Waals surface area contributed by atoms with Crippen molar-refractivity contribution in [2.75, 3.05) is 82.9 Å². The monoisotopic (exact) mass is 1390 g/mol. The number of phosphoric acid groups is 3. The minimum absolute atomic E-state index is 0.0704. The number of carbonyl (C=O) groups excluding carboxylic acids is 3. The van der Waals surface area contributed by atoms with E-state index in [1.165, 1.54) is 51.8 Å². The smallest absolute Gasteiger partial charge is 0.490 e. The Balaban J connectivity index is 0.604. The summed E-state index contributed by atoms with van der Waals surface area (Å²) in [7, 11) is -16.7. The number of nitrogens with zero attached hydrogens (tertiary/aromatic N) is 8. The lowest BCUT2D eigenvalue weighted by Gasteiger charge is -2.39. The number of amides is 2. The van der Waals surface area contributed by atoms with E-state index in [2.05, 4.69) is 72.7 Å². The van der Waals surface area contributed by atoms with Gasteiger partial charge in [0.1, 0.15) is 67.6 Å². The Kier molecular flexibility index (Phi) is 20.7. The largest absolute Gasteiger partial charge is 0.491 e. The first kappa shape index (κ1) is 68.5. The van der Waals surface area contributed by atoms with Crippen molar-refractivity contribution < 1.29 is 94.4 Å². The minimum atomic E-state index is -5.71. The molecule has 31 nitrogen and oxygen atoms in total. The molecule has 6 aliphatic heterocycles. The van der Waals surface area contributed by atoms with Gasteiger partial charge in [-0.05, 0) is 117 Å². The Labute approximate surface area is 553 Å². The summed E-state index contributed by atoms with van der Waals surface area (Å²) in [5.74, 6) is 5.42. The zero-order chi connectivity index (χ0) is 68.2. The van der Waals surface area contributed by atoms with Crippen LogP contribution < -0.4 is 45.9 Å². The molecule has 2 aromatic heterocycles. The molecule has 510 valence electrons. The van der Waals surface area contributed by atoms with Gasteiger partial charge in [0.2, 0.25) is 11.3 Å². The van der Waals surface area contributed by atoms with Gasteiger partial charge in [0, 0.05) is 94.3 Å². The Morgan fingerprint density at radius 1 is 0.876 bits per heavy atom. The average Bonchev–Trinajstić information content (AvgIpc) is 1.36. The molecule has 6 aliphatic rings. The Hall–Kier alpha value is -8.39. The number of azide groups is 1. The van der Waals surface area contributed by atoms with Crippen LogP contribution in [-0.2, 0) is 71.5 Å². The molecule has 1 fully saturated rings. The normalized spacial score (nSPS) is 18.3. The van der Waals surface area contributed by atoms with Crippen LogP contribution in [0.5, 0.6) is 17.2 Å². The third-order valence-corrected chi connectivity index (χ3v) is 21.1. The predicted octanol–water partition coefficient (Wildman–Crippen LogP) is 5.78. The highest BCUT2D eigenvalue weighted by Gasteiger charge is 2.42. The highest BCUT2D eigenvalue weighted by atomic mass is 31.3. The quantitative estimate of drug-likeness (QED) is 0.00442. The number of aryl methyl sites for hydroxylation is 2. The van der Waals surface area contributed by atoms with Gasteiger partial charge in [-0.25, -0.2) is 33.0 Å². The fraction of sp³-hybridized carbons (Fsp3) is 0.413. The molecule has 2 amide bonds. The Bertz CT molecular complexity index is 4560. The van der Waals surface area contributed by atoms with Crippen molar-refractivity contribution >= 4 is 75.1 Å². The number of carbonyl (C=O) groups is 4. The number of aromatic carboxylic acids is 1. The number of nitrogens with one attached hydrogen (secondary N) is 2. The number of hydrogen-bond donors (Lipinski definition) is 8. The molecule has 5 atom stereocenters. The molecule has 3 unspecified atom stereocenters. The molecule has 97 heavy (non-hydrogen) atoms. The summed E-state index contributed by atoms with van der Waals surface area (Å²) in [4.78, 5) is 104. The van der Waals surface area contributed by atoms with E-state index >= 15 is 0 Å². The van der Waals surface area contributed by atoms with Gasteiger partial charge in [-0.15, -0.1) is 0 Å². The van der Waals surface area contributed by atoms with Crippen LogP contribution in [0.15, 0.2) is 72.2 Å². The van der Waals surface area contributed by atoms with Gasteiger partial charge in [0.15, 0.2) is 12.0 Å². The van der Waals surface area contributed by atoms with Crippen molar-refractivity contribution in [1.29, 1.82) is 0 Å². The van der Waals surface area contributed by atoms with Crippen LogP contribution in [0, 0.1) is 11.8 Å². The molecule has 4 aromatic carbocycles. The molecule has 8 heterocycles. The van der Waals surface area contributed by atoms with Crippen LogP contribution >= 0.6 is 23.5 Å². The van der Waals surface area contributed by atoms with E-state index in [-0.39, 0.29) is 80.8 Å². The SMILES string of the molecule is [N-]=[N+]=NC(COc1cccc(C(=O)NCCCC(=O)c2ccc(C(=O)O)c(C3=c4cc5c6c(c4Oc4c3cc3c7c4CCCN7CCC3)CCC[N+]=6CCC5)c2)c1)OCCOCC(=O)NCC#Cc1cn([C@H]2CC[C@@H](COP(=O)(O)OP(=O)(O)OP(=O)(O)O)O2)c2ncnc(N)c12. The molecule has 1 saturated heterocycles. The number of hydrogen-bond acceptors (Lipinski definition) is 20. The number of fused-ring (bicyclic) bond motifs is 5. The first-order valence-electron chi connectivity index (χ1n) is 31.5. The van der Waals surface area contributed by atoms with E-state index in [0.29, 0.717) is 40.6 Å². The van der Waals surface area contributed by atoms with Crippen LogP contribution in [0.25, 0.3) is 27.0 Å². The second-order valence-electron chi connectivity index (χ2n) is 23.8. The number of nitrogens with two attached hydrogens (primary N) is 1. The summed E-state index contributed by atoms with van der Waals surface area (Å²) in [6.45, 7) is 2.52. The maximum Gasteiger partial charge on any atom is 0.490 e. The van der Waals surface area contributed by atoms with Gasteiger partial charge in [-0.1, -0.05) is 29.1 Å². The van der Waals surface area contributed by atoms with Gasteiger partial charge < -0.3 is 74.2 Å². The number of carboxylic acids is 1. The Morgan fingerprint density at radius 3 is 2.47 bits per heavy atom. The van der Waals surface area contributed by atoms with Crippen LogP contribution in [0.2, 0.25) is 0 Å². The van der Waals surface area contributed by atoms with E-state index in [4.69, 9.17) is 43.7 Å². The predicted molar refractivity (Wildman–Crippen MR) is 346 cm³/mol. The summed E-state index contributed by atoms with van der Waals surface area (Å²) in [5, 5.41) is 22.4. The maximum atomic E-state index is 14.2. The third-order valence-electron chi connectivity index (χ3n) is 17.3. The summed E-state index contributed by atoms with van der Waals surface area (Å²) >= 11 is 0. The number of Topliss-reactive ketones (excluding diaryl/α,β-unsaturated/α-hetero) is 1. The van der Waals surface area contributed by atoms with Gasteiger partial charge in [-0.3, -0.25) is 18.9 Å². The van der Waals surface area contributed by atoms with Gasteiger partial charge in [-0.2, -0.15) is 8.62 Å². The van der Waals surface area contributed by atoms with E-state index < -0.39 is 66.4 Å². The van der Waals surface area contributed by atoms with Crippen LogP contribution in [0.1, 0.15) is 128 Å². The molecule has 0 spiro atoms. The fourth-order valence-corrected chi connectivity index (χ4v) is 16.4. The fourth-order valence-electron chi connectivity index (χ4n) is 13.3. The van der Waals surface area contributed by atoms with E-state index in [9.17, 15) is 53.3 Å². The summed E-state index contributed by atoms with van der Waals surface area (Å²) in [6.07, 6.45) is 8.51. The number of carboxylic acid groups (broad SMARTS) is 1. The first-order chi connectivity index (χ1) is 46.6. The number of benzene rings is 4. The lowest BCUT2D eigenvalue weighted by atomic mass is 9.81.